The Balaban J connectivity index is 1.37. The molecule has 0 radical (unpaired) electrons. The lowest BCUT2D eigenvalue weighted by atomic mass is 10.0. The fourth-order valence-electron chi connectivity index (χ4n) is 3.77. The van der Waals surface area contributed by atoms with Gasteiger partial charge in [0.1, 0.15) is 25.1 Å². The summed E-state index contributed by atoms with van der Waals surface area (Å²) in [5, 5.41) is 25.7. The second-order valence-electron chi connectivity index (χ2n) is 8.90. The van der Waals surface area contributed by atoms with Crippen molar-refractivity contribution in [1.82, 2.24) is 10.2 Å². The highest BCUT2D eigenvalue weighted by molar-refractivity contribution is 5.94. The summed E-state index contributed by atoms with van der Waals surface area (Å²) < 4.78 is 10.9. The van der Waals surface area contributed by atoms with Crippen LogP contribution in [0.2, 0.25) is 0 Å². The van der Waals surface area contributed by atoms with Gasteiger partial charge in [-0.25, -0.2) is 4.79 Å². The van der Waals surface area contributed by atoms with Gasteiger partial charge in [0.15, 0.2) is 0 Å². The van der Waals surface area contributed by atoms with Gasteiger partial charge in [-0.1, -0.05) is 6.07 Å². The molecular weight excluding hydrogens is 402 g/mol. The van der Waals surface area contributed by atoms with Crippen LogP contribution < -0.4 is 15.4 Å². The summed E-state index contributed by atoms with van der Waals surface area (Å²) in [7, 11) is 0. The minimum Gasteiger partial charge on any atom is -0.490 e. The van der Waals surface area contributed by atoms with Gasteiger partial charge in [0, 0.05) is 43.3 Å². The van der Waals surface area contributed by atoms with E-state index in [1.807, 2.05) is 18.2 Å². The molecule has 0 saturated carbocycles. The molecule has 1 atom stereocenters. The molecule has 1 saturated heterocycles. The number of benzene rings is 1. The van der Waals surface area contributed by atoms with E-state index in [1.165, 1.54) is 0 Å². The molecule has 2 amide bonds. The molecule has 172 valence electrons. The number of carbonyl (C=O) groups is 2. The normalized spacial score (nSPS) is 18.6. The Morgan fingerprint density at radius 2 is 2.06 bits per heavy atom. The molecule has 9 nitrogen and oxygen atoms in total. The van der Waals surface area contributed by atoms with Crippen LogP contribution >= 0.6 is 0 Å². The van der Waals surface area contributed by atoms with Crippen molar-refractivity contribution in [3.05, 3.63) is 23.8 Å². The zero-order valence-electron chi connectivity index (χ0n) is 18.2. The van der Waals surface area contributed by atoms with Crippen molar-refractivity contribution >= 4 is 17.7 Å². The number of fused-ring (bicyclic) bond motifs is 1. The third kappa shape index (κ3) is 7.37. The molecule has 3 rings (SSSR count). The first-order valence-corrected chi connectivity index (χ1v) is 10.8. The monoisotopic (exact) mass is 435 g/mol. The van der Waals surface area contributed by atoms with Gasteiger partial charge in [0.2, 0.25) is 5.91 Å². The Kier molecular flexibility index (Phi) is 7.74. The Hall–Kier alpha value is -2.36. The van der Waals surface area contributed by atoms with Gasteiger partial charge in [-0.2, -0.15) is 0 Å². The minimum absolute atomic E-state index is 0.00748. The number of anilines is 1. The molecule has 0 aromatic heterocycles. The lowest BCUT2D eigenvalue weighted by Crippen LogP contribution is -2.47. The summed E-state index contributed by atoms with van der Waals surface area (Å²) >= 11 is 0. The lowest BCUT2D eigenvalue weighted by molar-refractivity contribution is -0.116. The number of piperidine rings is 1. The van der Waals surface area contributed by atoms with E-state index in [-0.39, 0.29) is 25.2 Å². The van der Waals surface area contributed by atoms with Gasteiger partial charge in [-0.05, 0) is 45.2 Å². The summed E-state index contributed by atoms with van der Waals surface area (Å²) in [6, 6.07) is 5.56. The Morgan fingerprint density at radius 3 is 2.77 bits per heavy atom. The van der Waals surface area contributed by atoms with Crippen LogP contribution in [0.3, 0.4) is 0 Å². The van der Waals surface area contributed by atoms with Crippen LogP contribution in [0.4, 0.5) is 10.5 Å². The maximum absolute atomic E-state index is 11.8. The highest BCUT2D eigenvalue weighted by Crippen LogP contribution is 2.31. The third-order valence-electron chi connectivity index (χ3n) is 5.38. The van der Waals surface area contributed by atoms with Gasteiger partial charge in [0.25, 0.3) is 0 Å². The Bertz CT molecular complexity index is 771. The molecule has 0 bridgehead atoms. The summed E-state index contributed by atoms with van der Waals surface area (Å²) in [5.74, 6) is 0.706. The Morgan fingerprint density at radius 1 is 1.32 bits per heavy atom. The number of ether oxygens (including phenoxy) is 2. The number of nitrogens with one attached hydrogen (secondary N) is 2. The second kappa shape index (κ2) is 10.3. The number of carbonyl (C=O) groups excluding carboxylic acids is 2. The molecule has 31 heavy (non-hydrogen) atoms. The van der Waals surface area contributed by atoms with Crippen molar-refractivity contribution in [2.75, 3.05) is 38.2 Å². The smallest absolute Gasteiger partial charge is 0.407 e. The van der Waals surface area contributed by atoms with Crippen molar-refractivity contribution in [2.24, 2.45) is 0 Å². The fourth-order valence-corrected chi connectivity index (χ4v) is 3.77. The van der Waals surface area contributed by atoms with Crippen molar-refractivity contribution in [1.29, 1.82) is 0 Å². The standard InChI is InChI=1S/C22H33N3O6/c1-22(2,29)14-31-21(28)23-15-8-10-25(11-9-15)12-16(26)13-30-19-5-3-4-18-17(19)6-7-20(27)24-18/h3-5,15-16,26,29H,6-14H2,1-2H3,(H,23,28)(H,24,27)/t16-/m0/s1. The van der Waals surface area contributed by atoms with Crippen molar-refractivity contribution in [3.8, 4) is 5.75 Å². The Labute approximate surface area is 182 Å². The number of amides is 2. The topological polar surface area (TPSA) is 120 Å². The molecule has 1 aromatic rings. The number of hydrogen-bond donors (Lipinski definition) is 4. The van der Waals surface area contributed by atoms with Crippen LogP contribution in [0.1, 0.15) is 38.7 Å². The molecule has 4 N–H and O–H groups in total. The van der Waals surface area contributed by atoms with Crippen molar-refractivity contribution in [3.63, 3.8) is 0 Å². The number of aliphatic hydroxyl groups is 2. The van der Waals surface area contributed by atoms with E-state index in [4.69, 9.17) is 9.47 Å². The molecule has 1 fully saturated rings. The number of likely N-dealkylation sites (tertiary alicyclic amines) is 1. The predicted molar refractivity (Wildman–Crippen MR) is 115 cm³/mol. The van der Waals surface area contributed by atoms with Gasteiger partial charge in [-0.3, -0.25) is 4.79 Å². The van der Waals surface area contributed by atoms with E-state index in [1.54, 1.807) is 13.8 Å². The van der Waals surface area contributed by atoms with E-state index in [2.05, 4.69) is 15.5 Å². The molecule has 0 unspecified atom stereocenters. The van der Waals surface area contributed by atoms with Crippen molar-refractivity contribution in [2.45, 2.75) is 57.3 Å². The molecule has 2 aliphatic rings. The number of aliphatic hydroxyl groups excluding tert-OH is 1. The summed E-state index contributed by atoms with van der Waals surface area (Å²) in [4.78, 5) is 25.5. The average molecular weight is 436 g/mol. The van der Waals surface area contributed by atoms with E-state index >= 15 is 0 Å². The number of hydrogen-bond acceptors (Lipinski definition) is 7. The van der Waals surface area contributed by atoms with Gasteiger partial charge in [0.05, 0.1) is 5.60 Å². The number of β-amino-alcohol motifs (C(OH)–C–C–N with tert-alkyl or cyclic N) is 1. The lowest BCUT2D eigenvalue weighted by Gasteiger charge is -2.33. The van der Waals surface area contributed by atoms with Crippen LogP contribution in [0.15, 0.2) is 18.2 Å². The molecule has 0 spiro atoms. The van der Waals surface area contributed by atoms with Crippen LogP contribution in [0.25, 0.3) is 0 Å². The van der Waals surface area contributed by atoms with Gasteiger partial charge >= 0.3 is 6.09 Å². The van der Waals surface area contributed by atoms with Crippen LogP contribution in [0.5, 0.6) is 5.75 Å². The molecule has 2 aliphatic heterocycles. The molecule has 1 aromatic carbocycles. The number of alkyl carbamates (subject to hydrolysis) is 1. The first-order valence-electron chi connectivity index (χ1n) is 10.8. The molecule has 2 heterocycles. The summed E-state index contributed by atoms with van der Waals surface area (Å²) in [6.45, 7) is 5.27. The van der Waals surface area contributed by atoms with Crippen LogP contribution in [-0.2, 0) is 16.0 Å². The van der Waals surface area contributed by atoms with Crippen LogP contribution in [-0.4, -0.2) is 77.7 Å². The first-order chi connectivity index (χ1) is 14.7. The number of nitrogens with zero attached hydrogens (tertiary/aromatic N) is 1. The fraction of sp³-hybridized carbons (Fsp3) is 0.636. The zero-order chi connectivity index (χ0) is 22.4. The maximum Gasteiger partial charge on any atom is 0.407 e. The molecule has 9 heteroatoms. The van der Waals surface area contributed by atoms with Crippen LogP contribution in [0, 0.1) is 0 Å². The molecule has 0 aliphatic carbocycles. The average Bonchev–Trinajstić information content (AvgIpc) is 2.71. The predicted octanol–water partition coefficient (Wildman–Crippen LogP) is 1.27. The van der Waals surface area contributed by atoms with Gasteiger partial charge in [-0.15, -0.1) is 0 Å². The second-order valence-corrected chi connectivity index (χ2v) is 8.90. The third-order valence-corrected chi connectivity index (χ3v) is 5.38. The first kappa shape index (κ1) is 23.3. The summed E-state index contributed by atoms with van der Waals surface area (Å²) in [5.41, 5.74) is 0.697. The van der Waals surface area contributed by atoms with Crippen molar-refractivity contribution < 1.29 is 29.3 Å². The maximum atomic E-state index is 11.8. The summed E-state index contributed by atoms with van der Waals surface area (Å²) in [6.07, 6.45) is 1.43. The quantitative estimate of drug-likeness (QED) is 0.485. The molecular formula is C22H33N3O6. The number of rotatable bonds is 8. The SMILES string of the molecule is CC(C)(O)COC(=O)NC1CCN(C[C@H](O)COc2cccc3c2CCC(=O)N3)CC1. The van der Waals surface area contributed by atoms with Gasteiger partial charge < -0.3 is 35.2 Å². The largest absolute Gasteiger partial charge is 0.490 e. The van der Waals surface area contributed by atoms with E-state index in [0.717, 1.165) is 37.2 Å². The highest BCUT2D eigenvalue weighted by atomic mass is 16.6. The van der Waals surface area contributed by atoms with E-state index in [9.17, 15) is 19.8 Å². The minimum atomic E-state index is -1.05. The highest BCUT2D eigenvalue weighted by Gasteiger charge is 2.24. The zero-order valence-corrected chi connectivity index (χ0v) is 18.2. The van der Waals surface area contributed by atoms with E-state index in [0.29, 0.717) is 25.1 Å². The van der Waals surface area contributed by atoms with E-state index < -0.39 is 17.8 Å².